The largest absolute Gasteiger partial charge is 0.388 e. The zero-order valence-electron chi connectivity index (χ0n) is 10.3. The van der Waals surface area contributed by atoms with Gasteiger partial charge >= 0.3 is 0 Å². The molecular formula is C12H18N2O3S. The van der Waals surface area contributed by atoms with Gasteiger partial charge in [-0.3, -0.25) is 0 Å². The van der Waals surface area contributed by atoms with Crippen LogP contribution >= 0.6 is 0 Å². The lowest BCUT2D eigenvalue weighted by Gasteiger charge is -2.46. The van der Waals surface area contributed by atoms with Crippen LogP contribution in [0.15, 0.2) is 0 Å². The Kier molecular flexibility index (Phi) is 2.54. The fraction of sp³-hybridized carbons (Fsp3) is 0.917. The maximum atomic E-state index is 11.7. The van der Waals surface area contributed by atoms with Crippen molar-refractivity contribution in [2.75, 3.05) is 31.1 Å². The van der Waals surface area contributed by atoms with E-state index in [2.05, 4.69) is 11.0 Å². The number of nitriles is 1. The monoisotopic (exact) mass is 270 g/mol. The number of piperidine rings is 1. The summed E-state index contributed by atoms with van der Waals surface area (Å²) in [5.41, 5.74) is -2.19. The van der Waals surface area contributed by atoms with Crippen molar-refractivity contribution < 1.29 is 13.5 Å². The van der Waals surface area contributed by atoms with Gasteiger partial charge in [0.25, 0.3) is 0 Å². The quantitative estimate of drug-likeness (QED) is 0.712. The molecule has 3 heterocycles. The Balaban J connectivity index is 1.99. The summed E-state index contributed by atoms with van der Waals surface area (Å²) in [7, 11) is -3.17. The van der Waals surface area contributed by atoms with Crippen LogP contribution in [0.1, 0.15) is 19.3 Å². The maximum absolute atomic E-state index is 11.7. The molecule has 4 unspecified atom stereocenters. The van der Waals surface area contributed by atoms with Crippen molar-refractivity contribution in [3.8, 4) is 6.07 Å². The van der Waals surface area contributed by atoms with Gasteiger partial charge in [0.05, 0.1) is 23.2 Å². The number of fused-ring (bicyclic) bond motifs is 2. The number of sulfone groups is 1. The highest BCUT2D eigenvalue weighted by Gasteiger charge is 2.62. The average Bonchev–Trinajstić information content (AvgIpc) is 2.88. The zero-order valence-corrected chi connectivity index (χ0v) is 11.1. The second kappa shape index (κ2) is 3.69. The molecule has 0 radical (unpaired) electrons. The van der Waals surface area contributed by atoms with Crippen LogP contribution in [0.4, 0.5) is 0 Å². The lowest BCUT2D eigenvalue weighted by atomic mass is 9.63. The molecule has 0 spiro atoms. The minimum atomic E-state index is -3.17. The molecule has 0 amide bonds. The summed E-state index contributed by atoms with van der Waals surface area (Å²) in [6.07, 6.45) is 1.69. The third-order valence-corrected chi connectivity index (χ3v) is 6.86. The van der Waals surface area contributed by atoms with Crippen LogP contribution in [0.25, 0.3) is 0 Å². The van der Waals surface area contributed by atoms with Gasteiger partial charge in [-0.25, -0.2) is 8.42 Å². The number of aliphatic hydroxyl groups is 1. The van der Waals surface area contributed by atoms with Gasteiger partial charge in [-0.2, -0.15) is 5.26 Å². The van der Waals surface area contributed by atoms with Crippen molar-refractivity contribution in [3.05, 3.63) is 0 Å². The standard InChI is InChI=1S/C12H18N2O3S/c13-8-11(3-6-18(16,17)9-11)12(15)2-5-14-4-1-10(12)7-14/h10,15H,1-7,9H2. The molecule has 3 saturated heterocycles. The van der Waals surface area contributed by atoms with Gasteiger partial charge in [-0.05, 0) is 25.8 Å². The van der Waals surface area contributed by atoms with Crippen molar-refractivity contribution in [1.82, 2.24) is 4.90 Å². The van der Waals surface area contributed by atoms with E-state index in [0.29, 0.717) is 12.8 Å². The Hall–Kier alpha value is -0.640. The fourth-order valence-electron chi connectivity index (χ4n) is 3.96. The molecule has 3 aliphatic rings. The zero-order chi connectivity index (χ0) is 13.0. The van der Waals surface area contributed by atoms with Crippen molar-refractivity contribution in [2.45, 2.75) is 24.9 Å². The summed E-state index contributed by atoms with van der Waals surface area (Å²) in [6, 6.07) is 2.18. The van der Waals surface area contributed by atoms with Crippen LogP contribution in [0.3, 0.4) is 0 Å². The summed E-state index contributed by atoms with van der Waals surface area (Å²) in [5.74, 6) is -0.0674. The van der Waals surface area contributed by atoms with E-state index in [0.717, 1.165) is 26.1 Å². The predicted molar refractivity (Wildman–Crippen MR) is 65.4 cm³/mol. The molecule has 1 N–H and O–H groups in total. The second-order valence-corrected chi connectivity index (χ2v) is 8.18. The molecule has 0 aromatic carbocycles. The minimum Gasteiger partial charge on any atom is -0.388 e. The van der Waals surface area contributed by atoms with Gasteiger partial charge in [0.1, 0.15) is 5.41 Å². The third-order valence-electron chi connectivity index (χ3n) is 5.11. The number of rotatable bonds is 1. The highest BCUT2D eigenvalue weighted by Crippen LogP contribution is 2.51. The highest BCUT2D eigenvalue weighted by atomic mass is 32.2. The SMILES string of the molecule is N#CC1(C2(O)CCN3CCC2C3)CCS(=O)(=O)C1. The van der Waals surface area contributed by atoms with Crippen LogP contribution in [0, 0.1) is 22.7 Å². The summed E-state index contributed by atoms with van der Waals surface area (Å²) in [5, 5.41) is 20.5. The summed E-state index contributed by atoms with van der Waals surface area (Å²) >= 11 is 0. The molecule has 6 heteroatoms. The van der Waals surface area contributed by atoms with Gasteiger partial charge in [0.2, 0.25) is 0 Å². The Morgan fingerprint density at radius 2 is 2.11 bits per heavy atom. The molecule has 100 valence electrons. The number of hydrogen-bond donors (Lipinski definition) is 1. The molecule has 3 rings (SSSR count). The molecule has 0 aromatic heterocycles. The van der Waals surface area contributed by atoms with E-state index in [-0.39, 0.29) is 17.4 Å². The molecule has 3 aliphatic heterocycles. The van der Waals surface area contributed by atoms with Crippen LogP contribution in [0.5, 0.6) is 0 Å². The van der Waals surface area contributed by atoms with E-state index in [9.17, 15) is 18.8 Å². The van der Waals surface area contributed by atoms with Gasteiger partial charge in [0, 0.05) is 19.0 Å². The van der Waals surface area contributed by atoms with E-state index in [1.807, 2.05) is 0 Å². The van der Waals surface area contributed by atoms with Crippen LogP contribution < -0.4 is 0 Å². The van der Waals surface area contributed by atoms with E-state index in [4.69, 9.17) is 0 Å². The third kappa shape index (κ3) is 1.54. The first-order valence-corrected chi connectivity index (χ1v) is 8.29. The summed E-state index contributed by atoms with van der Waals surface area (Å²) in [4.78, 5) is 2.29. The first-order chi connectivity index (χ1) is 8.41. The van der Waals surface area contributed by atoms with Crippen LogP contribution in [-0.4, -0.2) is 55.2 Å². The Morgan fingerprint density at radius 3 is 2.72 bits per heavy atom. The van der Waals surface area contributed by atoms with Gasteiger partial charge in [-0.1, -0.05) is 0 Å². The maximum Gasteiger partial charge on any atom is 0.152 e. The first kappa shape index (κ1) is 12.4. The lowest BCUT2D eigenvalue weighted by Crippen LogP contribution is -2.58. The van der Waals surface area contributed by atoms with Crippen LogP contribution in [-0.2, 0) is 9.84 Å². The molecule has 0 saturated carbocycles. The number of nitrogens with zero attached hydrogens (tertiary/aromatic N) is 2. The van der Waals surface area contributed by atoms with Crippen molar-refractivity contribution >= 4 is 9.84 Å². The Labute approximate surface area is 107 Å². The summed E-state index contributed by atoms with van der Waals surface area (Å²) < 4.78 is 23.4. The lowest BCUT2D eigenvalue weighted by molar-refractivity contribution is -0.111. The molecule has 5 nitrogen and oxygen atoms in total. The average molecular weight is 270 g/mol. The second-order valence-electron chi connectivity index (χ2n) is 6.00. The van der Waals surface area contributed by atoms with Gasteiger partial charge in [-0.15, -0.1) is 0 Å². The topological polar surface area (TPSA) is 81.4 Å². The van der Waals surface area contributed by atoms with E-state index < -0.39 is 20.9 Å². The number of hydrogen-bond acceptors (Lipinski definition) is 5. The summed E-state index contributed by atoms with van der Waals surface area (Å²) in [6.45, 7) is 2.54. The molecule has 0 aliphatic carbocycles. The smallest absolute Gasteiger partial charge is 0.152 e. The van der Waals surface area contributed by atoms with Crippen LogP contribution in [0.2, 0.25) is 0 Å². The normalized spacial score (nSPS) is 50.0. The highest BCUT2D eigenvalue weighted by molar-refractivity contribution is 7.91. The Morgan fingerprint density at radius 1 is 1.33 bits per heavy atom. The molecule has 0 aromatic rings. The molecular weight excluding hydrogens is 252 g/mol. The fourth-order valence-corrected chi connectivity index (χ4v) is 5.98. The van der Waals surface area contributed by atoms with E-state index >= 15 is 0 Å². The van der Waals surface area contributed by atoms with Crippen molar-refractivity contribution in [1.29, 1.82) is 5.26 Å². The Bertz CT molecular complexity index is 512. The van der Waals surface area contributed by atoms with E-state index in [1.165, 1.54) is 0 Å². The van der Waals surface area contributed by atoms with E-state index in [1.54, 1.807) is 0 Å². The molecule has 4 atom stereocenters. The minimum absolute atomic E-state index is 0.0410. The first-order valence-electron chi connectivity index (χ1n) is 6.47. The van der Waals surface area contributed by atoms with Crippen molar-refractivity contribution in [2.24, 2.45) is 11.3 Å². The predicted octanol–water partition coefficient (Wildman–Crippen LogP) is -0.228. The molecule has 2 bridgehead atoms. The molecule has 18 heavy (non-hydrogen) atoms. The van der Waals surface area contributed by atoms with Crippen molar-refractivity contribution in [3.63, 3.8) is 0 Å². The molecule has 3 fully saturated rings. The van der Waals surface area contributed by atoms with Gasteiger partial charge < -0.3 is 10.0 Å². The van der Waals surface area contributed by atoms with Gasteiger partial charge in [0.15, 0.2) is 9.84 Å².